The number of aliphatic imine (C=N–C) groups is 2. The molecule has 0 rings (SSSR count). The van der Waals surface area contributed by atoms with E-state index < -0.39 is 102 Å². The van der Waals surface area contributed by atoms with Crippen LogP contribution in [0.3, 0.4) is 0 Å². The summed E-state index contributed by atoms with van der Waals surface area (Å²) in [5.74, 6) is -7.03. The quantitative estimate of drug-likeness (QED) is 0.0148. The number of carboxylic acids is 1. The highest BCUT2D eigenvalue weighted by molar-refractivity contribution is 7.98. The number of thiol groups is 1. The van der Waals surface area contributed by atoms with Crippen LogP contribution in [-0.4, -0.2) is 143 Å². The van der Waals surface area contributed by atoms with Crippen molar-refractivity contribution in [3.63, 3.8) is 0 Å². The number of nitrogens with two attached hydrogens (primary N) is 5. The number of guanidine groups is 2. The molecule has 22 nitrogen and oxygen atoms in total. The van der Waals surface area contributed by atoms with Crippen molar-refractivity contribution in [2.24, 2.45) is 50.5 Å². The summed E-state index contributed by atoms with van der Waals surface area (Å²) < 4.78 is 0. The second kappa shape index (κ2) is 28.8. The molecule has 0 saturated carbocycles. The van der Waals surface area contributed by atoms with Gasteiger partial charge >= 0.3 is 5.97 Å². The molecule has 9 atom stereocenters. The number of carbonyl (C=O) groups excluding carboxylic acids is 6. The molecule has 0 aromatic rings. The van der Waals surface area contributed by atoms with Crippen molar-refractivity contribution < 1.29 is 43.8 Å². The first kappa shape index (κ1) is 54.4. The zero-order valence-corrected chi connectivity index (χ0v) is 36.4. The standard InChI is InChI=1S/C35H67N13O9S2/c1-7-18(4)25(31(54)46-24(17(2)3)30(53)44-22(33(56)57)12-15-59-6)47-29(52)23(16-58)45-28(51)21(11-9-14-42-35(39)40)43-32(55)26(19(5)49)48-27(50)20(36)10-8-13-41-34(37)38/h17-26,49,58H,7-16,36H2,1-6H3,(H,43,55)(H,44,53)(H,45,51)(H,46,54)(H,47,52)(H,48,50)(H,56,57)(H4,37,38,41)(H4,39,40,42). The van der Waals surface area contributed by atoms with Crippen LogP contribution in [0.1, 0.15) is 73.1 Å². The summed E-state index contributed by atoms with van der Waals surface area (Å²) >= 11 is 5.66. The first-order valence-corrected chi connectivity index (χ1v) is 21.3. The molecule has 0 heterocycles. The fourth-order valence-electron chi connectivity index (χ4n) is 5.30. The van der Waals surface area contributed by atoms with Gasteiger partial charge in [-0.1, -0.05) is 34.1 Å². The number of aliphatic carboxylic acids is 1. The number of carbonyl (C=O) groups is 7. The van der Waals surface area contributed by atoms with Gasteiger partial charge in [0.2, 0.25) is 35.4 Å². The Hall–Kier alpha value is -4.55. The Labute approximate surface area is 355 Å². The molecule has 0 aromatic carbocycles. The fraction of sp³-hybridized carbons (Fsp3) is 0.743. The van der Waals surface area contributed by atoms with Crippen molar-refractivity contribution in [3.05, 3.63) is 0 Å². The molecule has 59 heavy (non-hydrogen) atoms. The van der Waals surface area contributed by atoms with Crippen LogP contribution < -0.4 is 60.6 Å². The van der Waals surface area contributed by atoms with Gasteiger partial charge in [0.15, 0.2) is 11.9 Å². The lowest BCUT2D eigenvalue weighted by atomic mass is 9.96. The maximum atomic E-state index is 13.7. The maximum Gasteiger partial charge on any atom is 0.326 e. The summed E-state index contributed by atoms with van der Waals surface area (Å²) in [6.45, 7) is 8.36. The number of thioether (sulfide) groups is 1. The number of aliphatic hydroxyl groups excluding tert-OH is 1. The Balaban J connectivity index is 6.16. The normalized spacial score (nSPS) is 15.6. The van der Waals surface area contributed by atoms with Crippen molar-refractivity contribution in [2.75, 3.05) is 30.9 Å². The van der Waals surface area contributed by atoms with Crippen LogP contribution in [-0.2, 0) is 33.6 Å². The first-order chi connectivity index (χ1) is 27.6. The van der Waals surface area contributed by atoms with Crippen molar-refractivity contribution in [1.29, 1.82) is 0 Å². The minimum Gasteiger partial charge on any atom is -0.480 e. The number of hydrogen-bond acceptors (Lipinski definition) is 13. The van der Waals surface area contributed by atoms with Crippen LogP contribution in [0.15, 0.2) is 9.98 Å². The first-order valence-electron chi connectivity index (χ1n) is 19.3. The average Bonchev–Trinajstić information content (AvgIpc) is 3.16. The fourth-order valence-corrected chi connectivity index (χ4v) is 6.03. The molecular weight excluding hydrogens is 811 g/mol. The van der Waals surface area contributed by atoms with Crippen LogP contribution in [0.25, 0.3) is 0 Å². The lowest BCUT2D eigenvalue weighted by Gasteiger charge is -2.30. The lowest BCUT2D eigenvalue weighted by Crippen LogP contribution is -2.62. The van der Waals surface area contributed by atoms with Crippen molar-refractivity contribution in [1.82, 2.24) is 31.9 Å². The molecule has 18 N–H and O–H groups in total. The molecular formula is C35H67N13O9S2. The predicted molar refractivity (Wildman–Crippen MR) is 230 cm³/mol. The molecule has 338 valence electrons. The summed E-state index contributed by atoms with van der Waals surface area (Å²) in [6, 6.07) is -8.83. The van der Waals surface area contributed by atoms with Gasteiger partial charge in [0.05, 0.1) is 12.1 Å². The zero-order valence-electron chi connectivity index (χ0n) is 34.7. The number of rotatable bonds is 29. The number of aliphatic hydroxyl groups is 1. The largest absolute Gasteiger partial charge is 0.480 e. The van der Waals surface area contributed by atoms with E-state index in [9.17, 15) is 43.8 Å². The van der Waals surface area contributed by atoms with Gasteiger partial charge in [-0.3, -0.25) is 38.8 Å². The van der Waals surface area contributed by atoms with Gasteiger partial charge in [-0.25, -0.2) is 4.79 Å². The van der Waals surface area contributed by atoms with E-state index in [1.807, 2.05) is 0 Å². The van der Waals surface area contributed by atoms with Gasteiger partial charge in [0, 0.05) is 18.8 Å². The third-order valence-corrected chi connectivity index (χ3v) is 10.0. The molecule has 0 aliphatic carbocycles. The Morgan fingerprint density at radius 3 is 1.58 bits per heavy atom. The van der Waals surface area contributed by atoms with Gasteiger partial charge in [0.25, 0.3) is 0 Å². The van der Waals surface area contributed by atoms with E-state index in [4.69, 9.17) is 28.7 Å². The third kappa shape index (κ3) is 21.3. The second-order valence-corrected chi connectivity index (χ2v) is 15.7. The Morgan fingerprint density at radius 1 is 0.644 bits per heavy atom. The van der Waals surface area contributed by atoms with E-state index in [1.165, 1.54) is 18.7 Å². The minimum atomic E-state index is -1.54. The molecule has 0 spiro atoms. The Bertz CT molecular complexity index is 1450. The molecule has 0 aliphatic heterocycles. The van der Waals surface area contributed by atoms with E-state index in [2.05, 4.69) is 54.5 Å². The molecule has 24 heteroatoms. The summed E-state index contributed by atoms with van der Waals surface area (Å²) in [5, 5.41) is 35.2. The maximum absolute atomic E-state index is 13.7. The van der Waals surface area contributed by atoms with E-state index in [0.717, 1.165) is 0 Å². The molecule has 0 radical (unpaired) electrons. The van der Waals surface area contributed by atoms with E-state index >= 15 is 0 Å². The van der Waals surface area contributed by atoms with Gasteiger partial charge in [0.1, 0.15) is 36.3 Å². The monoisotopic (exact) mass is 877 g/mol. The van der Waals surface area contributed by atoms with Gasteiger partial charge < -0.3 is 70.8 Å². The van der Waals surface area contributed by atoms with Crippen molar-refractivity contribution in [3.8, 4) is 0 Å². The van der Waals surface area contributed by atoms with Crippen LogP contribution in [0.5, 0.6) is 0 Å². The number of amides is 6. The van der Waals surface area contributed by atoms with Gasteiger partial charge in [-0.05, 0) is 62.9 Å². The SMILES string of the molecule is CCC(C)C(NC(=O)C(CS)NC(=O)C(CCCN=C(N)N)NC(=O)C(NC(=O)C(N)CCCN=C(N)N)C(C)O)C(=O)NC(C(=O)NC(CCSC)C(=O)O)C(C)C. The van der Waals surface area contributed by atoms with E-state index in [1.54, 1.807) is 34.0 Å². The summed E-state index contributed by atoms with van der Waals surface area (Å²) in [6.07, 6.45) is 1.57. The zero-order chi connectivity index (χ0) is 45.4. The average molecular weight is 878 g/mol. The molecule has 0 fully saturated rings. The molecule has 6 amide bonds. The van der Waals surface area contributed by atoms with Crippen LogP contribution in [0, 0.1) is 11.8 Å². The number of hydrogen-bond donors (Lipinski definition) is 14. The van der Waals surface area contributed by atoms with Crippen LogP contribution >= 0.6 is 24.4 Å². The highest BCUT2D eigenvalue weighted by atomic mass is 32.2. The molecule has 0 saturated heterocycles. The second-order valence-electron chi connectivity index (χ2n) is 14.3. The lowest BCUT2D eigenvalue weighted by molar-refractivity contribution is -0.142. The predicted octanol–water partition coefficient (Wildman–Crippen LogP) is -3.82. The van der Waals surface area contributed by atoms with Gasteiger partial charge in [-0.2, -0.15) is 24.4 Å². The molecule has 0 aliphatic rings. The molecule has 0 bridgehead atoms. The highest BCUT2D eigenvalue weighted by Gasteiger charge is 2.36. The van der Waals surface area contributed by atoms with E-state index in [0.29, 0.717) is 18.6 Å². The minimum absolute atomic E-state index is 0.0589. The summed E-state index contributed by atoms with van der Waals surface area (Å²) in [7, 11) is 0. The van der Waals surface area contributed by atoms with Crippen LogP contribution in [0.2, 0.25) is 0 Å². The van der Waals surface area contributed by atoms with E-state index in [-0.39, 0.29) is 56.4 Å². The van der Waals surface area contributed by atoms with Crippen molar-refractivity contribution >= 4 is 77.7 Å². The third-order valence-electron chi connectivity index (χ3n) is 9.03. The Morgan fingerprint density at radius 2 is 1.10 bits per heavy atom. The topological polar surface area (TPSA) is 387 Å². The smallest absolute Gasteiger partial charge is 0.326 e. The van der Waals surface area contributed by atoms with Crippen molar-refractivity contribution in [2.45, 2.75) is 122 Å². The number of nitrogens with one attached hydrogen (secondary N) is 6. The summed E-state index contributed by atoms with van der Waals surface area (Å²) in [4.78, 5) is 100. The number of carboxylic acid groups (broad SMARTS) is 1. The van der Waals surface area contributed by atoms with Crippen LogP contribution in [0.4, 0.5) is 0 Å². The molecule has 9 unspecified atom stereocenters. The molecule has 0 aromatic heterocycles. The summed E-state index contributed by atoms with van der Waals surface area (Å²) in [5.41, 5.74) is 27.4. The van der Waals surface area contributed by atoms with Gasteiger partial charge in [-0.15, -0.1) is 0 Å². The number of nitrogens with zero attached hydrogens (tertiary/aromatic N) is 2. The Kier molecular flexibility index (Phi) is 26.6. The highest BCUT2D eigenvalue weighted by Crippen LogP contribution is 2.12.